The standard InChI is InChI=1S/C21H23NO/c1-3-8-16-10-6-13-18(16)15(2)21(23)22-20-14-7-11-17-9-4-5-12-19(17)20/h3-5,7-9,11-12,14,16,18H,2,6,10,13H2,1H3,(H,22,23)/b8-3-/t16-,18+/m1/s1. The van der Waals surface area contributed by atoms with E-state index < -0.39 is 0 Å². The monoisotopic (exact) mass is 305 g/mol. The first kappa shape index (κ1) is 15.5. The molecule has 0 radical (unpaired) electrons. The first-order valence-electron chi connectivity index (χ1n) is 8.31. The first-order valence-corrected chi connectivity index (χ1v) is 8.31. The van der Waals surface area contributed by atoms with E-state index in [0.29, 0.717) is 11.5 Å². The van der Waals surface area contributed by atoms with Crippen LogP contribution in [0.2, 0.25) is 0 Å². The number of nitrogens with one attached hydrogen (secondary N) is 1. The molecule has 1 amide bonds. The number of allylic oxidation sites excluding steroid dienone is 2. The van der Waals surface area contributed by atoms with Gasteiger partial charge in [-0.2, -0.15) is 0 Å². The Labute approximate surface area is 137 Å². The lowest BCUT2D eigenvalue weighted by atomic mass is 9.88. The minimum atomic E-state index is -0.0530. The Morgan fingerprint density at radius 1 is 1.17 bits per heavy atom. The maximum Gasteiger partial charge on any atom is 0.251 e. The molecule has 0 spiro atoms. The highest BCUT2D eigenvalue weighted by Gasteiger charge is 2.30. The number of hydrogen-bond donors (Lipinski definition) is 1. The number of hydrogen-bond acceptors (Lipinski definition) is 1. The Bertz CT molecular complexity index is 754. The first-order chi connectivity index (χ1) is 11.2. The van der Waals surface area contributed by atoms with Crippen molar-refractivity contribution in [2.45, 2.75) is 26.2 Å². The van der Waals surface area contributed by atoms with E-state index in [2.05, 4.69) is 36.2 Å². The van der Waals surface area contributed by atoms with Gasteiger partial charge in [0.1, 0.15) is 0 Å². The van der Waals surface area contributed by atoms with E-state index >= 15 is 0 Å². The third-order valence-corrected chi connectivity index (χ3v) is 4.79. The fraction of sp³-hybridized carbons (Fsp3) is 0.286. The van der Waals surface area contributed by atoms with E-state index in [1.54, 1.807) is 0 Å². The van der Waals surface area contributed by atoms with E-state index in [9.17, 15) is 4.79 Å². The summed E-state index contributed by atoms with van der Waals surface area (Å²) < 4.78 is 0. The van der Waals surface area contributed by atoms with Gasteiger partial charge < -0.3 is 5.32 Å². The zero-order chi connectivity index (χ0) is 16.2. The van der Waals surface area contributed by atoms with E-state index in [-0.39, 0.29) is 11.8 Å². The number of anilines is 1. The molecule has 118 valence electrons. The molecule has 23 heavy (non-hydrogen) atoms. The lowest BCUT2D eigenvalue weighted by molar-refractivity contribution is -0.113. The molecule has 1 aliphatic carbocycles. The molecule has 1 N–H and O–H groups in total. The van der Waals surface area contributed by atoms with Crippen molar-refractivity contribution >= 4 is 22.4 Å². The van der Waals surface area contributed by atoms with Crippen LogP contribution < -0.4 is 5.32 Å². The van der Waals surface area contributed by atoms with Gasteiger partial charge in [0, 0.05) is 16.6 Å². The molecule has 2 atom stereocenters. The van der Waals surface area contributed by atoms with Crippen LogP contribution in [-0.2, 0) is 4.79 Å². The molecule has 0 saturated heterocycles. The summed E-state index contributed by atoms with van der Waals surface area (Å²) in [4.78, 5) is 12.7. The topological polar surface area (TPSA) is 29.1 Å². The molecule has 2 aromatic rings. The number of carbonyl (C=O) groups is 1. The summed E-state index contributed by atoms with van der Waals surface area (Å²) in [6, 6.07) is 14.1. The van der Waals surface area contributed by atoms with Crippen LogP contribution in [0.5, 0.6) is 0 Å². The van der Waals surface area contributed by atoms with Gasteiger partial charge in [0.15, 0.2) is 0 Å². The number of amides is 1. The highest BCUT2D eigenvalue weighted by molar-refractivity contribution is 6.08. The second-order valence-electron chi connectivity index (χ2n) is 6.23. The van der Waals surface area contributed by atoms with Gasteiger partial charge in [-0.1, -0.05) is 61.5 Å². The summed E-state index contributed by atoms with van der Waals surface area (Å²) in [5, 5.41) is 5.25. The van der Waals surface area contributed by atoms with Crippen molar-refractivity contribution < 1.29 is 4.79 Å². The summed E-state index contributed by atoms with van der Waals surface area (Å²) in [6.07, 6.45) is 7.67. The van der Waals surface area contributed by atoms with Crippen molar-refractivity contribution in [1.29, 1.82) is 0 Å². The molecular formula is C21H23NO. The van der Waals surface area contributed by atoms with Crippen LogP contribution in [0.25, 0.3) is 10.8 Å². The number of carbonyl (C=O) groups excluding carboxylic acids is 1. The predicted molar refractivity (Wildman–Crippen MR) is 97.4 cm³/mol. The summed E-state index contributed by atoms with van der Waals surface area (Å²) in [5.41, 5.74) is 1.56. The number of rotatable bonds is 4. The van der Waals surface area contributed by atoms with Crippen LogP contribution in [0.15, 0.2) is 66.8 Å². The van der Waals surface area contributed by atoms with Gasteiger partial charge in [0.2, 0.25) is 0 Å². The maximum atomic E-state index is 12.7. The van der Waals surface area contributed by atoms with E-state index in [0.717, 1.165) is 29.3 Å². The van der Waals surface area contributed by atoms with Gasteiger partial charge in [0.05, 0.1) is 0 Å². The Kier molecular flexibility index (Phi) is 4.61. The van der Waals surface area contributed by atoms with Crippen LogP contribution in [0, 0.1) is 11.8 Å². The van der Waals surface area contributed by atoms with Gasteiger partial charge in [-0.15, -0.1) is 0 Å². The smallest absolute Gasteiger partial charge is 0.251 e. The fourth-order valence-electron chi connectivity index (χ4n) is 3.60. The third-order valence-electron chi connectivity index (χ3n) is 4.79. The molecule has 2 aromatic carbocycles. The molecule has 1 saturated carbocycles. The molecule has 0 aromatic heterocycles. The van der Waals surface area contributed by atoms with Crippen molar-refractivity contribution in [3.05, 3.63) is 66.8 Å². The molecular weight excluding hydrogens is 282 g/mol. The Hall–Kier alpha value is -2.35. The summed E-state index contributed by atoms with van der Waals surface area (Å²) in [6.45, 7) is 6.14. The average Bonchev–Trinajstić information content (AvgIpc) is 3.03. The highest BCUT2D eigenvalue weighted by atomic mass is 16.1. The summed E-state index contributed by atoms with van der Waals surface area (Å²) in [5.74, 6) is 0.662. The van der Waals surface area contributed by atoms with Gasteiger partial charge in [-0.05, 0) is 43.1 Å². The van der Waals surface area contributed by atoms with Gasteiger partial charge in [0.25, 0.3) is 5.91 Å². The minimum absolute atomic E-state index is 0.0530. The lowest BCUT2D eigenvalue weighted by Gasteiger charge is -2.19. The lowest BCUT2D eigenvalue weighted by Crippen LogP contribution is -2.21. The molecule has 3 rings (SSSR count). The fourth-order valence-corrected chi connectivity index (χ4v) is 3.60. The highest BCUT2D eigenvalue weighted by Crippen LogP contribution is 2.37. The predicted octanol–water partition coefficient (Wildman–Crippen LogP) is 5.33. The van der Waals surface area contributed by atoms with Crippen LogP contribution >= 0.6 is 0 Å². The average molecular weight is 305 g/mol. The SMILES string of the molecule is C=C(C(=O)Nc1cccc2ccccc12)[C@@H]1CCC[C@H]1/C=C\C. The van der Waals surface area contributed by atoms with Gasteiger partial charge >= 0.3 is 0 Å². The molecule has 0 unspecified atom stereocenters. The van der Waals surface area contributed by atoms with Crippen LogP contribution in [0.3, 0.4) is 0 Å². The molecule has 0 aliphatic heterocycles. The molecule has 0 heterocycles. The van der Waals surface area contributed by atoms with Crippen molar-refractivity contribution in [2.24, 2.45) is 11.8 Å². The zero-order valence-corrected chi connectivity index (χ0v) is 13.6. The van der Waals surface area contributed by atoms with Crippen molar-refractivity contribution in [3.8, 4) is 0 Å². The zero-order valence-electron chi connectivity index (χ0n) is 13.6. The molecule has 1 aliphatic rings. The Morgan fingerprint density at radius 3 is 2.78 bits per heavy atom. The normalized spacial score (nSPS) is 20.9. The third kappa shape index (κ3) is 3.21. The number of benzene rings is 2. The van der Waals surface area contributed by atoms with Crippen molar-refractivity contribution in [2.75, 3.05) is 5.32 Å². The molecule has 1 fully saturated rings. The molecule has 0 bridgehead atoms. The Balaban J connectivity index is 1.79. The largest absolute Gasteiger partial charge is 0.322 e. The summed E-state index contributed by atoms with van der Waals surface area (Å²) >= 11 is 0. The second-order valence-corrected chi connectivity index (χ2v) is 6.23. The van der Waals surface area contributed by atoms with E-state index in [1.165, 1.54) is 6.42 Å². The quantitative estimate of drug-likeness (QED) is 0.600. The second kappa shape index (κ2) is 6.82. The van der Waals surface area contributed by atoms with E-state index in [4.69, 9.17) is 0 Å². The minimum Gasteiger partial charge on any atom is -0.322 e. The van der Waals surface area contributed by atoms with Crippen LogP contribution in [0.4, 0.5) is 5.69 Å². The molecule has 2 nitrogen and oxygen atoms in total. The number of fused-ring (bicyclic) bond motifs is 1. The maximum absolute atomic E-state index is 12.7. The molecule has 2 heteroatoms. The van der Waals surface area contributed by atoms with Crippen LogP contribution in [0.1, 0.15) is 26.2 Å². The Morgan fingerprint density at radius 2 is 1.96 bits per heavy atom. The van der Waals surface area contributed by atoms with Crippen molar-refractivity contribution in [3.63, 3.8) is 0 Å². The van der Waals surface area contributed by atoms with E-state index in [1.807, 2.05) is 37.3 Å². The van der Waals surface area contributed by atoms with Crippen LogP contribution in [-0.4, -0.2) is 5.91 Å². The van der Waals surface area contributed by atoms with Gasteiger partial charge in [-0.25, -0.2) is 0 Å². The van der Waals surface area contributed by atoms with Gasteiger partial charge in [-0.3, -0.25) is 4.79 Å². The summed E-state index contributed by atoms with van der Waals surface area (Å²) in [7, 11) is 0. The van der Waals surface area contributed by atoms with Crippen molar-refractivity contribution in [1.82, 2.24) is 0 Å².